The maximum atomic E-state index is 10.3. The zero-order valence-corrected chi connectivity index (χ0v) is 14.5. The number of ether oxygens (including phenoxy) is 1. The Balaban J connectivity index is 2.09. The van der Waals surface area contributed by atoms with E-state index in [4.69, 9.17) is 27.9 Å². The lowest BCUT2D eigenvalue weighted by Gasteiger charge is -2.14. The van der Waals surface area contributed by atoms with E-state index in [0.717, 1.165) is 21.3 Å². The summed E-state index contributed by atoms with van der Waals surface area (Å²) in [6.45, 7) is 0. The SMILES string of the molecule is COc1ccc(Br)c(CC(O)Cc2ccc(Cl)cc2Cl)c1. The van der Waals surface area contributed by atoms with Gasteiger partial charge in [-0.15, -0.1) is 0 Å². The summed E-state index contributed by atoms with van der Waals surface area (Å²) < 4.78 is 6.15. The molecule has 0 saturated carbocycles. The van der Waals surface area contributed by atoms with Crippen molar-refractivity contribution in [3.8, 4) is 5.75 Å². The highest BCUT2D eigenvalue weighted by Gasteiger charge is 2.12. The molecule has 0 heterocycles. The normalized spacial score (nSPS) is 12.2. The van der Waals surface area contributed by atoms with Crippen molar-refractivity contribution in [3.05, 3.63) is 62.0 Å². The summed E-state index contributed by atoms with van der Waals surface area (Å²) in [6.07, 6.45) is 0.447. The van der Waals surface area contributed by atoms with Gasteiger partial charge in [-0.05, 0) is 47.9 Å². The van der Waals surface area contributed by atoms with Crippen molar-refractivity contribution in [2.24, 2.45) is 0 Å². The topological polar surface area (TPSA) is 29.5 Å². The maximum Gasteiger partial charge on any atom is 0.119 e. The van der Waals surface area contributed by atoms with Crippen molar-refractivity contribution >= 4 is 39.1 Å². The molecule has 0 aliphatic heterocycles. The van der Waals surface area contributed by atoms with Crippen LogP contribution in [0.3, 0.4) is 0 Å². The molecule has 2 rings (SSSR count). The van der Waals surface area contributed by atoms with Gasteiger partial charge in [0.1, 0.15) is 5.75 Å². The van der Waals surface area contributed by atoms with E-state index in [1.807, 2.05) is 24.3 Å². The Morgan fingerprint density at radius 3 is 2.48 bits per heavy atom. The highest BCUT2D eigenvalue weighted by molar-refractivity contribution is 9.10. The number of methoxy groups -OCH3 is 1. The van der Waals surface area contributed by atoms with Crippen LogP contribution in [0.15, 0.2) is 40.9 Å². The third-order valence-corrected chi connectivity index (χ3v) is 4.54. The van der Waals surface area contributed by atoms with E-state index in [0.29, 0.717) is 22.9 Å². The molecule has 0 aliphatic rings. The van der Waals surface area contributed by atoms with E-state index in [1.54, 1.807) is 19.2 Å². The van der Waals surface area contributed by atoms with Crippen molar-refractivity contribution in [2.75, 3.05) is 7.11 Å². The molecule has 5 heteroatoms. The first-order chi connectivity index (χ1) is 9.99. The van der Waals surface area contributed by atoms with Gasteiger partial charge in [-0.2, -0.15) is 0 Å². The fourth-order valence-corrected chi connectivity index (χ4v) is 3.00. The number of rotatable bonds is 5. The van der Waals surface area contributed by atoms with Gasteiger partial charge in [0, 0.05) is 20.9 Å². The zero-order chi connectivity index (χ0) is 15.4. The quantitative estimate of drug-likeness (QED) is 0.787. The van der Waals surface area contributed by atoms with E-state index in [2.05, 4.69) is 15.9 Å². The third kappa shape index (κ3) is 4.62. The first kappa shape index (κ1) is 16.6. The van der Waals surface area contributed by atoms with Crippen LogP contribution in [0.5, 0.6) is 5.75 Å². The molecule has 0 saturated heterocycles. The van der Waals surface area contributed by atoms with Crippen LogP contribution in [0.25, 0.3) is 0 Å². The summed E-state index contributed by atoms with van der Waals surface area (Å²) in [5.74, 6) is 0.768. The molecule has 1 atom stereocenters. The minimum Gasteiger partial charge on any atom is -0.497 e. The average molecular weight is 390 g/mol. The first-order valence-electron chi connectivity index (χ1n) is 6.44. The molecule has 0 bridgehead atoms. The van der Waals surface area contributed by atoms with Crippen LogP contribution >= 0.6 is 39.1 Å². The van der Waals surface area contributed by atoms with Crippen molar-refractivity contribution in [3.63, 3.8) is 0 Å². The Morgan fingerprint density at radius 1 is 1.10 bits per heavy atom. The minimum absolute atomic E-state index is 0.472. The highest BCUT2D eigenvalue weighted by Crippen LogP contribution is 2.26. The lowest BCUT2D eigenvalue weighted by Crippen LogP contribution is -2.14. The smallest absolute Gasteiger partial charge is 0.119 e. The van der Waals surface area contributed by atoms with Gasteiger partial charge < -0.3 is 9.84 Å². The molecule has 2 nitrogen and oxygen atoms in total. The van der Waals surface area contributed by atoms with Crippen LogP contribution in [0, 0.1) is 0 Å². The van der Waals surface area contributed by atoms with Gasteiger partial charge in [-0.25, -0.2) is 0 Å². The molecule has 1 N–H and O–H groups in total. The summed E-state index contributed by atoms with van der Waals surface area (Å²) >= 11 is 15.5. The van der Waals surface area contributed by atoms with E-state index >= 15 is 0 Å². The lowest BCUT2D eigenvalue weighted by atomic mass is 10.0. The summed E-state index contributed by atoms with van der Waals surface area (Å²) in [6, 6.07) is 11.0. The average Bonchev–Trinajstić information content (AvgIpc) is 2.44. The molecule has 1 unspecified atom stereocenters. The maximum absolute atomic E-state index is 10.3. The van der Waals surface area contributed by atoms with Crippen molar-refractivity contribution in [1.29, 1.82) is 0 Å². The summed E-state index contributed by atoms with van der Waals surface area (Å²) in [7, 11) is 1.62. The lowest BCUT2D eigenvalue weighted by molar-refractivity contribution is 0.175. The molecule has 0 aliphatic carbocycles. The number of aliphatic hydroxyl groups excluding tert-OH is 1. The number of halogens is 3. The fourth-order valence-electron chi connectivity index (χ4n) is 2.10. The van der Waals surface area contributed by atoms with Crippen molar-refractivity contribution < 1.29 is 9.84 Å². The van der Waals surface area contributed by atoms with E-state index in [1.165, 1.54) is 0 Å². The first-order valence-corrected chi connectivity index (χ1v) is 7.99. The fraction of sp³-hybridized carbons (Fsp3) is 0.250. The predicted molar refractivity (Wildman–Crippen MR) is 90.6 cm³/mol. The molecule has 0 amide bonds. The Morgan fingerprint density at radius 2 is 1.81 bits per heavy atom. The van der Waals surface area contributed by atoms with Crippen LogP contribution in [0.2, 0.25) is 10.0 Å². The largest absolute Gasteiger partial charge is 0.497 e. The van der Waals surface area contributed by atoms with Crippen LogP contribution in [-0.4, -0.2) is 18.3 Å². The molecule has 2 aromatic carbocycles. The molecule has 0 radical (unpaired) electrons. The van der Waals surface area contributed by atoms with E-state index in [9.17, 15) is 5.11 Å². The van der Waals surface area contributed by atoms with Gasteiger partial charge >= 0.3 is 0 Å². The Hall–Kier alpha value is -0.740. The minimum atomic E-state index is -0.535. The standard InChI is InChI=1S/C16H15BrCl2O2/c1-21-14-4-5-15(17)11(8-14)7-13(20)6-10-2-3-12(18)9-16(10)19/h2-5,8-9,13,20H,6-7H2,1H3. The van der Waals surface area contributed by atoms with Crippen LogP contribution < -0.4 is 4.74 Å². The van der Waals surface area contributed by atoms with Gasteiger partial charge in [0.05, 0.1) is 13.2 Å². The van der Waals surface area contributed by atoms with Crippen LogP contribution in [0.4, 0.5) is 0 Å². The monoisotopic (exact) mass is 388 g/mol. The highest BCUT2D eigenvalue weighted by atomic mass is 79.9. The Labute approximate surface area is 142 Å². The van der Waals surface area contributed by atoms with Gasteiger partial charge in [0.15, 0.2) is 0 Å². The second-order valence-corrected chi connectivity index (χ2v) is 6.45. The summed E-state index contributed by atoms with van der Waals surface area (Å²) in [5.41, 5.74) is 1.87. The molecule has 2 aromatic rings. The van der Waals surface area contributed by atoms with Crippen LogP contribution in [0.1, 0.15) is 11.1 Å². The second kappa shape index (κ2) is 7.50. The summed E-state index contributed by atoms with van der Waals surface area (Å²) in [5, 5.41) is 11.5. The van der Waals surface area contributed by atoms with Gasteiger partial charge in [-0.3, -0.25) is 0 Å². The predicted octanol–water partition coefficient (Wildman–Crippen LogP) is 4.91. The third-order valence-electron chi connectivity index (χ3n) is 3.18. The van der Waals surface area contributed by atoms with Gasteiger partial charge in [0.2, 0.25) is 0 Å². The van der Waals surface area contributed by atoms with Gasteiger partial charge in [-0.1, -0.05) is 45.2 Å². The second-order valence-electron chi connectivity index (χ2n) is 4.76. The Bertz CT molecular complexity index is 632. The molecule has 21 heavy (non-hydrogen) atoms. The molecule has 112 valence electrons. The molecular formula is C16H15BrCl2O2. The van der Waals surface area contributed by atoms with E-state index < -0.39 is 6.10 Å². The Kier molecular flexibility index (Phi) is 5.94. The molecule has 0 fully saturated rings. The van der Waals surface area contributed by atoms with Crippen molar-refractivity contribution in [2.45, 2.75) is 18.9 Å². The number of hydrogen-bond donors (Lipinski definition) is 1. The molecular weight excluding hydrogens is 375 g/mol. The van der Waals surface area contributed by atoms with E-state index in [-0.39, 0.29) is 0 Å². The molecule has 0 aromatic heterocycles. The number of aliphatic hydroxyl groups is 1. The van der Waals surface area contributed by atoms with Gasteiger partial charge in [0.25, 0.3) is 0 Å². The summed E-state index contributed by atoms with van der Waals surface area (Å²) in [4.78, 5) is 0. The van der Waals surface area contributed by atoms with Crippen molar-refractivity contribution in [1.82, 2.24) is 0 Å². The number of hydrogen-bond acceptors (Lipinski definition) is 2. The number of benzene rings is 2. The molecule has 0 spiro atoms. The zero-order valence-electron chi connectivity index (χ0n) is 11.4. The van der Waals surface area contributed by atoms with Crippen LogP contribution in [-0.2, 0) is 12.8 Å².